The molecule has 0 radical (unpaired) electrons. The summed E-state index contributed by atoms with van der Waals surface area (Å²) in [5, 5.41) is 3.27. The average molecular weight is 551 g/mol. The van der Waals surface area contributed by atoms with Crippen molar-refractivity contribution >= 4 is 66.7 Å². The van der Waals surface area contributed by atoms with Gasteiger partial charge in [-0.3, -0.25) is 13.9 Å². The summed E-state index contributed by atoms with van der Waals surface area (Å²) in [5.41, 5.74) is 0.886. The molecule has 0 unspecified atom stereocenters. The van der Waals surface area contributed by atoms with E-state index in [0.29, 0.717) is 25.8 Å². The molecule has 0 saturated heterocycles. The zero-order valence-electron chi connectivity index (χ0n) is 17.1. The minimum Gasteiger partial charge on any atom is -0.357 e. The Bertz CT molecular complexity index is 1080. The number of halogens is 3. The van der Waals surface area contributed by atoms with Gasteiger partial charge in [-0.05, 0) is 52.7 Å². The van der Waals surface area contributed by atoms with Crippen molar-refractivity contribution in [3.8, 4) is 0 Å². The number of amides is 2. The molecule has 2 amide bonds. The molecule has 2 rings (SSSR count). The third kappa shape index (κ3) is 6.58. The lowest BCUT2D eigenvalue weighted by Crippen LogP contribution is -2.50. The Labute approximate surface area is 200 Å². The van der Waals surface area contributed by atoms with Crippen molar-refractivity contribution in [1.82, 2.24) is 10.2 Å². The highest BCUT2D eigenvalue weighted by molar-refractivity contribution is 9.10. The zero-order chi connectivity index (χ0) is 23.3. The van der Waals surface area contributed by atoms with Crippen LogP contribution in [0.15, 0.2) is 46.9 Å². The lowest BCUT2D eigenvalue weighted by atomic mass is 10.1. The predicted octanol–water partition coefficient (Wildman–Crippen LogP) is 3.69. The fourth-order valence-electron chi connectivity index (χ4n) is 2.87. The molecule has 2 aromatic rings. The van der Waals surface area contributed by atoms with Crippen LogP contribution in [0.5, 0.6) is 0 Å². The molecular formula is C20H22BrCl2N3O4S. The number of likely N-dealkylation sites (N-methyl/N-ethyl adjacent to an activating group) is 1. The van der Waals surface area contributed by atoms with Crippen LogP contribution in [-0.4, -0.2) is 51.0 Å². The van der Waals surface area contributed by atoms with Crippen LogP contribution in [-0.2, 0) is 26.2 Å². The van der Waals surface area contributed by atoms with Crippen LogP contribution in [0.25, 0.3) is 0 Å². The van der Waals surface area contributed by atoms with Crippen molar-refractivity contribution in [3.63, 3.8) is 0 Å². The van der Waals surface area contributed by atoms with Crippen LogP contribution < -0.4 is 9.62 Å². The summed E-state index contributed by atoms with van der Waals surface area (Å²) in [6.07, 6.45) is 1.02. The van der Waals surface area contributed by atoms with E-state index in [0.717, 1.165) is 10.6 Å². The van der Waals surface area contributed by atoms with Gasteiger partial charge >= 0.3 is 0 Å². The van der Waals surface area contributed by atoms with E-state index in [9.17, 15) is 18.0 Å². The number of anilines is 1. The largest absolute Gasteiger partial charge is 0.357 e. The summed E-state index contributed by atoms with van der Waals surface area (Å²) in [5.74, 6) is -0.964. The Hall–Kier alpha value is -1.81. The van der Waals surface area contributed by atoms with Gasteiger partial charge in [0.1, 0.15) is 12.6 Å². The van der Waals surface area contributed by atoms with E-state index in [4.69, 9.17) is 23.2 Å². The molecule has 1 N–H and O–H groups in total. The van der Waals surface area contributed by atoms with E-state index < -0.39 is 34.4 Å². The highest BCUT2D eigenvalue weighted by atomic mass is 79.9. The number of sulfonamides is 1. The molecule has 168 valence electrons. The standard InChI is InChI=1S/C20H22BrCl2N3O4S/c1-13(20(28)24-2)25(11-14-8-9-15(22)10-17(14)23)19(27)12-26(31(3,29)30)18-7-5-4-6-16(18)21/h4-10,13H,11-12H2,1-3H3,(H,24,28)/t13-/m1/s1. The SMILES string of the molecule is CNC(=O)[C@@H](C)N(Cc1ccc(Cl)cc1Cl)C(=O)CN(c1ccccc1Br)S(C)(=O)=O. The molecule has 7 nitrogen and oxygen atoms in total. The highest BCUT2D eigenvalue weighted by Crippen LogP contribution is 2.28. The van der Waals surface area contributed by atoms with Crippen molar-refractivity contribution in [3.05, 3.63) is 62.5 Å². The number of benzene rings is 2. The van der Waals surface area contributed by atoms with Gasteiger partial charge in [0, 0.05) is 28.1 Å². The number of nitrogens with zero attached hydrogens (tertiary/aromatic N) is 2. The Balaban J connectivity index is 2.43. The number of carbonyl (C=O) groups is 2. The number of hydrogen-bond acceptors (Lipinski definition) is 4. The van der Waals surface area contributed by atoms with Crippen molar-refractivity contribution < 1.29 is 18.0 Å². The third-order valence-electron chi connectivity index (χ3n) is 4.57. The maximum absolute atomic E-state index is 13.3. The van der Waals surface area contributed by atoms with Crippen LogP contribution in [0.4, 0.5) is 5.69 Å². The number of nitrogens with one attached hydrogen (secondary N) is 1. The summed E-state index contributed by atoms with van der Waals surface area (Å²) < 4.78 is 26.4. The van der Waals surface area contributed by atoms with Gasteiger partial charge in [-0.15, -0.1) is 0 Å². The molecule has 11 heteroatoms. The van der Waals surface area contributed by atoms with E-state index in [-0.39, 0.29) is 6.54 Å². The van der Waals surface area contributed by atoms with Gasteiger partial charge in [-0.1, -0.05) is 41.4 Å². The summed E-state index contributed by atoms with van der Waals surface area (Å²) in [6, 6.07) is 10.6. The Morgan fingerprint density at radius 1 is 1.16 bits per heavy atom. The molecule has 1 atom stereocenters. The number of para-hydroxylation sites is 1. The molecule has 0 heterocycles. The first kappa shape index (κ1) is 25.5. The molecule has 0 aliphatic rings. The van der Waals surface area contributed by atoms with E-state index in [2.05, 4.69) is 21.2 Å². The lowest BCUT2D eigenvalue weighted by Gasteiger charge is -2.31. The normalized spacial score (nSPS) is 12.2. The van der Waals surface area contributed by atoms with Gasteiger partial charge in [0.15, 0.2) is 0 Å². The fraction of sp³-hybridized carbons (Fsp3) is 0.300. The summed E-state index contributed by atoms with van der Waals surface area (Å²) in [6.45, 7) is 1.06. The van der Waals surface area contributed by atoms with Gasteiger partial charge in [-0.2, -0.15) is 0 Å². The summed E-state index contributed by atoms with van der Waals surface area (Å²) in [7, 11) is -2.34. The molecule has 2 aromatic carbocycles. The van der Waals surface area contributed by atoms with E-state index in [1.807, 2.05) is 0 Å². The Kier molecular flexibility index (Phi) is 8.76. The third-order valence-corrected chi connectivity index (χ3v) is 6.95. The minimum absolute atomic E-state index is 0.00299. The van der Waals surface area contributed by atoms with E-state index >= 15 is 0 Å². The van der Waals surface area contributed by atoms with Crippen molar-refractivity contribution in [1.29, 1.82) is 0 Å². The van der Waals surface area contributed by atoms with Crippen LogP contribution in [0, 0.1) is 0 Å². The van der Waals surface area contributed by atoms with Gasteiger partial charge in [0.2, 0.25) is 21.8 Å². The molecule has 0 aliphatic carbocycles. The Morgan fingerprint density at radius 3 is 2.35 bits per heavy atom. The van der Waals surface area contributed by atoms with Crippen LogP contribution in [0.3, 0.4) is 0 Å². The first-order chi connectivity index (χ1) is 14.5. The first-order valence-corrected chi connectivity index (χ1v) is 12.5. The maximum Gasteiger partial charge on any atom is 0.244 e. The topological polar surface area (TPSA) is 86.8 Å². The van der Waals surface area contributed by atoms with E-state index in [1.54, 1.807) is 43.3 Å². The zero-order valence-corrected chi connectivity index (χ0v) is 21.0. The molecule has 0 spiro atoms. The van der Waals surface area contributed by atoms with Crippen LogP contribution >= 0.6 is 39.1 Å². The van der Waals surface area contributed by atoms with Crippen LogP contribution in [0.1, 0.15) is 12.5 Å². The van der Waals surface area contributed by atoms with Crippen molar-refractivity contribution in [2.24, 2.45) is 0 Å². The van der Waals surface area contributed by atoms with E-state index in [1.165, 1.54) is 18.0 Å². The van der Waals surface area contributed by atoms with Gasteiger partial charge < -0.3 is 10.2 Å². The second-order valence-electron chi connectivity index (χ2n) is 6.77. The lowest BCUT2D eigenvalue weighted by molar-refractivity contribution is -0.139. The maximum atomic E-state index is 13.3. The molecule has 0 bridgehead atoms. The number of carbonyl (C=O) groups excluding carboxylic acids is 2. The predicted molar refractivity (Wildman–Crippen MR) is 127 cm³/mol. The molecule has 0 aromatic heterocycles. The first-order valence-electron chi connectivity index (χ1n) is 9.13. The number of hydrogen-bond donors (Lipinski definition) is 1. The summed E-state index contributed by atoms with van der Waals surface area (Å²) in [4.78, 5) is 26.9. The molecule has 0 saturated carbocycles. The molecule has 31 heavy (non-hydrogen) atoms. The molecule has 0 aliphatic heterocycles. The monoisotopic (exact) mass is 549 g/mol. The minimum atomic E-state index is -3.80. The molecule has 0 fully saturated rings. The quantitative estimate of drug-likeness (QED) is 0.543. The fourth-order valence-corrected chi connectivity index (χ4v) is 4.82. The second-order valence-corrected chi connectivity index (χ2v) is 10.4. The highest BCUT2D eigenvalue weighted by Gasteiger charge is 2.30. The van der Waals surface area contributed by atoms with Crippen molar-refractivity contribution in [2.45, 2.75) is 19.5 Å². The Morgan fingerprint density at radius 2 is 1.81 bits per heavy atom. The average Bonchev–Trinajstić information content (AvgIpc) is 2.70. The van der Waals surface area contributed by atoms with Crippen LogP contribution in [0.2, 0.25) is 10.0 Å². The second kappa shape index (κ2) is 10.7. The number of rotatable bonds is 8. The molecular weight excluding hydrogens is 529 g/mol. The van der Waals surface area contributed by atoms with Gasteiger partial charge in [0.25, 0.3) is 0 Å². The van der Waals surface area contributed by atoms with Gasteiger partial charge in [0.05, 0.1) is 11.9 Å². The summed E-state index contributed by atoms with van der Waals surface area (Å²) >= 11 is 15.5. The van der Waals surface area contributed by atoms with Gasteiger partial charge in [-0.25, -0.2) is 8.42 Å². The van der Waals surface area contributed by atoms with Crippen molar-refractivity contribution in [2.75, 3.05) is 24.2 Å². The smallest absolute Gasteiger partial charge is 0.244 e.